The molecule has 0 bridgehead atoms. The number of hydrogen-bond donors (Lipinski definition) is 1. The van der Waals surface area contributed by atoms with Crippen molar-refractivity contribution in [1.82, 2.24) is 10.2 Å². The van der Waals surface area contributed by atoms with E-state index in [1.165, 1.54) is 23.1 Å². The quantitative estimate of drug-likeness (QED) is 0.340. The van der Waals surface area contributed by atoms with Gasteiger partial charge in [0.15, 0.2) is 0 Å². The maximum atomic E-state index is 14.6. The molecule has 208 valence electrons. The predicted molar refractivity (Wildman–Crippen MR) is 147 cm³/mol. The van der Waals surface area contributed by atoms with Crippen LogP contribution >= 0.6 is 0 Å². The normalized spacial score (nSPS) is 12.0. The number of carbonyl (C=O) groups is 2. The van der Waals surface area contributed by atoms with Gasteiger partial charge < -0.3 is 10.2 Å². The Morgan fingerprint density at radius 3 is 2.18 bits per heavy atom. The van der Waals surface area contributed by atoms with Crippen LogP contribution in [0.5, 0.6) is 0 Å². The van der Waals surface area contributed by atoms with Crippen LogP contribution < -0.4 is 9.62 Å². The summed E-state index contributed by atoms with van der Waals surface area (Å²) < 4.78 is 53.9. The molecule has 0 aromatic heterocycles. The van der Waals surface area contributed by atoms with Crippen molar-refractivity contribution in [2.24, 2.45) is 0 Å². The van der Waals surface area contributed by atoms with Crippen LogP contribution in [0.25, 0.3) is 0 Å². The molecule has 0 saturated carbocycles. The smallest absolute Gasteiger partial charge is 0.243 e. The second kappa shape index (κ2) is 13.8. The molecule has 3 rings (SSSR count). The molecular weight excluding hydrogens is 524 g/mol. The minimum atomic E-state index is -3.71. The monoisotopic (exact) mass is 557 g/mol. The third kappa shape index (κ3) is 8.61. The molecule has 0 spiro atoms. The van der Waals surface area contributed by atoms with Crippen LogP contribution in [-0.4, -0.2) is 50.5 Å². The number of hydrogen-bond acceptors (Lipinski definition) is 4. The minimum absolute atomic E-state index is 0.0335. The van der Waals surface area contributed by atoms with Gasteiger partial charge in [0.2, 0.25) is 21.8 Å². The highest BCUT2D eigenvalue weighted by Gasteiger charge is 2.30. The second-order valence-corrected chi connectivity index (χ2v) is 11.0. The fourth-order valence-electron chi connectivity index (χ4n) is 4.27. The van der Waals surface area contributed by atoms with Gasteiger partial charge in [-0.25, -0.2) is 17.2 Å². The first kappa shape index (κ1) is 29.8. The zero-order chi connectivity index (χ0) is 28.4. The summed E-state index contributed by atoms with van der Waals surface area (Å²) in [6.45, 7) is 1.96. The fraction of sp³-hybridized carbons (Fsp3) is 0.310. The predicted octanol–water partition coefficient (Wildman–Crippen LogP) is 4.29. The number of sulfonamides is 1. The lowest BCUT2D eigenvalue weighted by Gasteiger charge is -2.32. The molecule has 0 aliphatic rings. The van der Waals surface area contributed by atoms with Gasteiger partial charge in [0, 0.05) is 38.0 Å². The lowest BCUT2D eigenvalue weighted by Crippen LogP contribution is -2.50. The summed E-state index contributed by atoms with van der Waals surface area (Å²) in [5.41, 5.74) is 1.37. The Balaban J connectivity index is 1.86. The lowest BCUT2D eigenvalue weighted by molar-refractivity contribution is -0.141. The molecule has 10 heteroatoms. The first-order chi connectivity index (χ1) is 18.6. The van der Waals surface area contributed by atoms with Crippen molar-refractivity contribution in [2.45, 2.75) is 38.8 Å². The van der Waals surface area contributed by atoms with E-state index in [4.69, 9.17) is 0 Å². The Labute approximate surface area is 228 Å². The van der Waals surface area contributed by atoms with E-state index in [1.54, 1.807) is 25.1 Å². The van der Waals surface area contributed by atoms with Gasteiger partial charge in [-0.1, -0.05) is 48.5 Å². The van der Waals surface area contributed by atoms with Crippen molar-refractivity contribution in [3.63, 3.8) is 0 Å². The van der Waals surface area contributed by atoms with Gasteiger partial charge in [0.25, 0.3) is 0 Å². The summed E-state index contributed by atoms with van der Waals surface area (Å²) in [5.74, 6) is -1.78. The van der Waals surface area contributed by atoms with Gasteiger partial charge in [-0.15, -0.1) is 0 Å². The molecule has 0 fully saturated rings. The molecule has 3 aromatic carbocycles. The zero-order valence-electron chi connectivity index (χ0n) is 22.0. The Kier molecular flexibility index (Phi) is 10.6. The molecule has 1 N–H and O–H groups in total. The number of likely N-dealkylation sites (N-methyl/N-ethyl adjacent to an activating group) is 1. The van der Waals surface area contributed by atoms with Gasteiger partial charge in [0.05, 0.1) is 11.9 Å². The molecule has 7 nitrogen and oxygen atoms in total. The molecule has 0 radical (unpaired) electrons. The van der Waals surface area contributed by atoms with Crippen molar-refractivity contribution in [1.29, 1.82) is 0 Å². The SMILES string of the molecule is CCNC(=O)[C@@H](Cc1ccccc1)N(Cc1ccccc1F)C(=O)CCCN(c1ccc(F)cc1)S(C)(=O)=O. The van der Waals surface area contributed by atoms with E-state index >= 15 is 0 Å². The van der Waals surface area contributed by atoms with E-state index in [0.29, 0.717) is 6.54 Å². The van der Waals surface area contributed by atoms with Gasteiger partial charge >= 0.3 is 0 Å². The number of nitrogens with zero attached hydrogens (tertiary/aromatic N) is 2. The van der Waals surface area contributed by atoms with E-state index in [0.717, 1.165) is 28.3 Å². The summed E-state index contributed by atoms with van der Waals surface area (Å²) in [5, 5.41) is 2.78. The van der Waals surface area contributed by atoms with Gasteiger partial charge in [-0.05, 0) is 49.2 Å². The summed E-state index contributed by atoms with van der Waals surface area (Å²) in [6.07, 6.45) is 1.29. The van der Waals surface area contributed by atoms with Crippen molar-refractivity contribution in [3.8, 4) is 0 Å². The average Bonchev–Trinajstić information content (AvgIpc) is 2.90. The number of benzene rings is 3. The average molecular weight is 558 g/mol. The lowest BCUT2D eigenvalue weighted by atomic mass is 10.0. The number of rotatable bonds is 13. The molecular formula is C29H33F2N3O4S. The Morgan fingerprint density at radius 1 is 0.923 bits per heavy atom. The third-order valence-electron chi connectivity index (χ3n) is 6.19. The number of nitrogens with one attached hydrogen (secondary N) is 1. The van der Waals surface area contributed by atoms with Gasteiger partial charge in [0.1, 0.15) is 17.7 Å². The summed E-state index contributed by atoms with van der Waals surface area (Å²) in [6, 6.07) is 19.4. The second-order valence-electron chi connectivity index (χ2n) is 9.13. The molecule has 3 aromatic rings. The molecule has 0 aliphatic carbocycles. The molecule has 39 heavy (non-hydrogen) atoms. The molecule has 0 saturated heterocycles. The van der Waals surface area contributed by atoms with Crippen LogP contribution in [0.3, 0.4) is 0 Å². The van der Waals surface area contributed by atoms with Gasteiger partial charge in [-0.3, -0.25) is 13.9 Å². The number of halogens is 2. The zero-order valence-corrected chi connectivity index (χ0v) is 22.8. The van der Waals surface area contributed by atoms with Crippen LogP contribution in [0.4, 0.5) is 14.5 Å². The van der Waals surface area contributed by atoms with Crippen molar-refractivity contribution in [2.75, 3.05) is 23.7 Å². The number of anilines is 1. The highest BCUT2D eigenvalue weighted by molar-refractivity contribution is 7.92. The molecule has 2 amide bonds. The highest BCUT2D eigenvalue weighted by Crippen LogP contribution is 2.21. The molecule has 1 atom stereocenters. The van der Waals surface area contributed by atoms with Crippen molar-refractivity contribution in [3.05, 3.63) is 102 Å². The standard InChI is InChI=1S/C29H33F2N3O4S/c1-3-32-29(36)27(20-22-10-5-4-6-11-22)33(21-23-12-7-8-13-26(23)31)28(35)14-9-19-34(39(2,37)38)25-17-15-24(30)16-18-25/h4-8,10-13,15-18,27H,3,9,14,19-21H2,1-2H3,(H,32,36)/t27-/m1/s1. The maximum absolute atomic E-state index is 14.6. The molecule has 0 heterocycles. The van der Waals surface area contributed by atoms with Crippen LogP contribution in [0, 0.1) is 11.6 Å². The first-order valence-corrected chi connectivity index (χ1v) is 14.5. The number of amides is 2. The highest BCUT2D eigenvalue weighted by atomic mass is 32.2. The summed E-state index contributed by atoms with van der Waals surface area (Å²) in [4.78, 5) is 28.2. The third-order valence-corrected chi connectivity index (χ3v) is 7.38. The van der Waals surface area contributed by atoms with E-state index in [2.05, 4.69) is 5.32 Å². The first-order valence-electron chi connectivity index (χ1n) is 12.7. The maximum Gasteiger partial charge on any atom is 0.243 e. The van der Waals surface area contributed by atoms with Crippen LogP contribution in [-0.2, 0) is 32.6 Å². The van der Waals surface area contributed by atoms with Crippen molar-refractivity contribution >= 4 is 27.5 Å². The van der Waals surface area contributed by atoms with Crippen LogP contribution in [0.2, 0.25) is 0 Å². The molecule has 0 aliphatic heterocycles. The largest absolute Gasteiger partial charge is 0.355 e. The topological polar surface area (TPSA) is 86.8 Å². The van der Waals surface area contributed by atoms with E-state index in [1.807, 2.05) is 30.3 Å². The van der Waals surface area contributed by atoms with E-state index in [-0.39, 0.29) is 49.5 Å². The Bertz CT molecular complexity index is 1350. The minimum Gasteiger partial charge on any atom is -0.355 e. The Morgan fingerprint density at radius 2 is 1.56 bits per heavy atom. The van der Waals surface area contributed by atoms with E-state index in [9.17, 15) is 26.8 Å². The van der Waals surface area contributed by atoms with E-state index < -0.39 is 33.6 Å². The van der Waals surface area contributed by atoms with Crippen LogP contribution in [0.1, 0.15) is 30.9 Å². The van der Waals surface area contributed by atoms with Crippen molar-refractivity contribution < 1.29 is 26.8 Å². The van der Waals surface area contributed by atoms with Gasteiger partial charge in [-0.2, -0.15) is 0 Å². The van der Waals surface area contributed by atoms with Crippen LogP contribution in [0.15, 0.2) is 78.9 Å². The fourth-order valence-corrected chi connectivity index (χ4v) is 5.23. The Hall–Kier alpha value is -3.79. The summed E-state index contributed by atoms with van der Waals surface area (Å²) in [7, 11) is -3.71. The number of carbonyl (C=O) groups excluding carboxylic acids is 2. The summed E-state index contributed by atoms with van der Waals surface area (Å²) >= 11 is 0. The molecule has 0 unspecified atom stereocenters.